The van der Waals surface area contributed by atoms with Crippen LogP contribution in [0.4, 0.5) is 0 Å². The maximum atomic E-state index is 5.51. The largest absolute Gasteiger partial charge is 0.478 e. The minimum Gasteiger partial charge on any atom is -0.478 e. The van der Waals surface area contributed by atoms with E-state index >= 15 is 0 Å². The highest BCUT2D eigenvalue weighted by Gasteiger charge is 2.14. The van der Waals surface area contributed by atoms with Gasteiger partial charge in [0.15, 0.2) is 0 Å². The number of nitrogens with zero attached hydrogens (tertiary/aromatic N) is 1. The lowest BCUT2D eigenvalue weighted by atomic mass is 10.00. The summed E-state index contributed by atoms with van der Waals surface area (Å²) in [7, 11) is 0. The van der Waals surface area contributed by atoms with Crippen LogP contribution in [0.2, 0.25) is 0 Å². The van der Waals surface area contributed by atoms with Gasteiger partial charge in [-0.15, -0.1) is 0 Å². The Kier molecular flexibility index (Phi) is 2.53. The fraction of sp³-hybridized carbons (Fsp3) is 0.417. The van der Waals surface area contributed by atoms with Gasteiger partial charge in [-0.3, -0.25) is 4.99 Å². The first-order valence-electron chi connectivity index (χ1n) is 5.08. The summed E-state index contributed by atoms with van der Waals surface area (Å²) in [5.74, 6) is 0.817. The van der Waals surface area contributed by atoms with E-state index in [2.05, 4.69) is 30.1 Å². The molecule has 0 bridgehead atoms. The zero-order chi connectivity index (χ0) is 9.97. The molecule has 0 atom stereocenters. The SMILES string of the molecule is CCOC1=NCCc2ccc(C)cc21. The molecule has 1 aromatic carbocycles. The summed E-state index contributed by atoms with van der Waals surface area (Å²) >= 11 is 0. The van der Waals surface area contributed by atoms with E-state index < -0.39 is 0 Å². The molecule has 14 heavy (non-hydrogen) atoms. The molecule has 2 rings (SSSR count). The monoisotopic (exact) mass is 189 g/mol. The van der Waals surface area contributed by atoms with E-state index in [-0.39, 0.29) is 0 Å². The Labute approximate surface area is 84.6 Å². The first kappa shape index (κ1) is 9.25. The quantitative estimate of drug-likeness (QED) is 0.664. The molecule has 1 aliphatic rings. The van der Waals surface area contributed by atoms with Crippen molar-refractivity contribution in [1.29, 1.82) is 0 Å². The van der Waals surface area contributed by atoms with Crippen LogP contribution in [0.15, 0.2) is 23.2 Å². The molecule has 0 aliphatic carbocycles. The van der Waals surface area contributed by atoms with Crippen LogP contribution in [0, 0.1) is 6.92 Å². The molecule has 2 nitrogen and oxygen atoms in total. The molecule has 1 aliphatic heterocycles. The summed E-state index contributed by atoms with van der Waals surface area (Å²) in [6.45, 7) is 5.63. The van der Waals surface area contributed by atoms with Gasteiger partial charge in [-0.05, 0) is 31.9 Å². The van der Waals surface area contributed by atoms with Crippen molar-refractivity contribution in [3.8, 4) is 0 Å². The Hall–Kier alpha value is -1.31. The van der Waals surface area contributed by atoms with Gasteiger partial charge in [0.2, 0.25) is 5.90 Å². The van der Waals surface area contributed by atoms with Gasteiger partial charge in [0.05, 0.1) is 6.61 Å². The predicted octanol–water partition coefficient (Wildman–Crippen LogP) is 2.33. The van der Waals surface area contributed by atoms with Gasteiger partial charge >= 0.3 is 0 Å². The third-order valence-corrected chi connectivity index (χ3v) is 2.41. The van der Waals surface area contributed by atoms with E-state index in [0.717, 1.165) is 18.9 Å². The van der Waals surface area contributed by atoms with Crippen LogP contribution in [-0.4, -0.2) is 19.0 Å². The highest BCUT2D eigenvalue weighted by atomic mass is 16.5. The van der Waals surface area contributed by atoms with Crippen LogP contribution >= 0.6 is 0 Å². The van der Waals surface area contributed by atoms with Gasteiger partial charge in [0.1, 0.15) is 0 Å². The average molecular weight is 189 g/mol. The van der Waals surface area contributed by atoms with Crippen molar-refractivity contribution in [2.24, 2.45) is 4.99 Å². The Morgan fingerprint density at radius 3 is 3.07 bits per heavy atom. The molecule has 74 valence electrons. The number of benzene rings is 1. The summed E-state index contributed by atoms with van der Waals surface area (Å²) in [5, 5.41) is 0. The maximum absolute atomic E-state index is 5.51. The molecule has 2 heteroatoms. The van der Waals surface area contributed by atoms with Crippen molar-refractivity contribution >= 4 is 5.90 Å². The topological polar surface area (TPSA) is 21.6 Å². The van der Waals surface area contributed by atoms with Gasteiger partial charge in [-0.25, -0.2) is 0 Å². The number of ether oxygens (including phenoxy) is 1. The number of fused-ring (bicyclic) bond motifs is 1. The number of rotatable bonds is 1. The second-order valence-electron chi connectivity index (χ2n) is 3.53. The Morgan fingerprint density at radius 1 is 1.43 bits per heavy atom. The van der Waals surface area contributed by atoms with Gasteiger partial charge in [-0.2, -0.15) is 0 Å². The minimum atomic E-state index is 0.687. The zero-order valence-electron chi connectivity index (χ0n) is 8.71. The lowest BCUT2D eigenvalue weighted by Gasteiger charge is -2.17. The molecule has 0 N–H and O–H groups in total. The number of aryl methyl sites for hydroxylation is 1. The molecule has 0 amide bonds. The summed E-state index contributed by atoms with van der Waals surface area (Å²) in [6, 6.07) is 6.48. The van der Waals surface area contributed by atoms with Crippen molar-refractivity contribution in [3.05, 3.63) is 34.9 Å². The Bertz CT molecular complexity index is 369. The van der Waals surface area contributed by atoms with Crippen LogP contribution in [0.25, 0.3) is 0 Å². The third-order valence-electron chi connectivity index (χ3n) is 2.41. The fourth-order valence-corrected chi connectivity index (χ4v) is 1.73. The Balaban J connectivity index is 2.40. The lowest BCUT2D eigenvalue weighted by molar-refractivity contribution is 0.325. The summed E-state index contributed by atoms with van der Waals surface area (Å²) in [5.41, 5.74) is 3.80. The van der Waals surface area contributed by atoms with Crippen LogP contribution < -0.4 is 0 Å². The number of aliphatic imine (C=N–C) groups is 1. The van der Waals surface area contributed by atoms with Crippen molar-refractivity contribution in [1.82, 2.24) is 0 Å². The summed E-state index contributed by atoms with van der Waals surface area (Å²) < 4.78 is 5.51. The van der Waals surface area contributed by atoms with Gasteiger partial charge in [0, 0.05) is 12.1 Å². The zero-order valence-corrected chi connectivity index (χ0v) is 8.71. The van der Waals surface area contributed by atoms with Crippen LogP contribution in [0.1, 0.15) is 23.6 Å². The van der Waals surface area contributed by atoms with Crippen molar-refractivity contribution in [2.75, 3.05) is 13.2 Å². The molecule has 1 heterocycles. The summed E-state index contributed by atoms with van der Waals surface area (Å²) in [4.78, 5) is 4.40. The first-order chi connectivity index (χ1) is 6.81. The normalized spacial score (nSPS) is 14.6. The second kappa shape index (κ2) is 3.82. The highest BCUT2D eigenvalue weighted by Crippen LogP contribution is 2.18. The fourth-order valence-electron chi connectivity index (χ4n) is 1.73. The maximum Gasteiger partial charge on any atom is 0.216 e. The van der Waals surface area contributed by atoms with E-state index in [9.17, 15) is 0 Å². The van der Waals surface area contributed by atoms with E-state index in [1.165, 1.54) is 16.7 Å². The molecule has 0 unspecified atom stereocenters. The van der Waals surface area contributed by atoms with E-state index in [1.54, 1.807) is 0 Å². The molecule has 0 saturated heterocycles. The first-order valence-corrected chi connectivity index (χ1v) is 5.08. The minimum absolute atomic E-state index is 0.687. The van der Waals surface area contributed by atoms with Crippen molar-refractivity contribution in [2.45, 2.75) is 20.3 Å². The molecule has 0 spiro atoms. The predicted molar refractivity (Wildman–Crippen MR) is 57.9 cm³/mol. The van der Waals surface area contributed by atoms with E-state index in [0.29, 0.717) is 6.61 Å². The summed E-state index contributed by atoms with van der Waals surface area (Å²) in [6.07, 6.45) is 1.03. The molecule has 1 aromatic rings. The van der Waals surface area contributed by atoms with Crippen LogP contribution in [0.3, 0.4) is 0 Å². The third kappa shape index (κ3) is 1.65. The number of hydrogen-bond donors (Lipinski definition) is 0. The van der Waals surface area contributed by atoms with E-state index in [4.69, 9.17) is 4.74 Å². The van der Waals surface area contributed by atoms with Crippen molar-refractivity contribution < 1.29 is 4.74 Å². The molecule has 0 radical (unpaired) electrons. The Morgan fingerprint density at radius 2 is 2.29 bits per heavy atom. The van der Waals surface area contributed by atoms with Crippen LogP contribution in [-0.2, 0) is 11.2 Å². The lowest BCUT2D eigenvalue weighted by Crippen LogP contribution is -2.16. The molecule has 0 saturated carbocycles. The number of hydrogen-bond acceptors (Lipinski definition) is 2. The van der Waals surface area contributed by atoms with Gasteiger partial charge in [0.25, 0.3) is 0 Å². The van der Waals surface area contributed by atoms with E-state index in [1.807, 2.05) is 6.92 Å². The van der Waals surface area contributed by atoms with Gasteiger partial charge in [-0.1, -0.05) is 17.7 Å². The van der Waals surface area contributed by atoms with Crippen molar-refractivity contribution in [3.63, 3.8) is 0 Å². The molecule has 0 aromatic heterocycles. The standard InChI is InChI=1S/C12H15NO/c1-3-14-12-11-8-9(2)4-5-10(11)6-7-13-12/h4-5,8H,3,6-7H2,1-2H3. The second-order valence-corrected chi connectivity index (χ2v) is 3.53. The average Bonchev–Trinajstić information content (AvgIpc) is 2.19. The van der Waals surface area contributed by atoms with Crippen LogP contribution in [0.5, 0.6) is 0 Å². The molecular formula is C12H15NO. The highest BCUT2D eigenvalue weighted by molar-refractivity contribution is 5.96. The smallest absolute Gasteiger partial charge is 0.216 e. The molecule has 0 fully saturated rings. The van der Waals surface area contributed by atoms with Gasteiger partial charge < -0.3 is 4.74 Å². The molecular weight excluding hydrogens is 174 g/mol.